The van der Waals surface area contributed by atoms with Crippen LogP contribution in [0.2, 0.25) is 0 Å². The van der Waals surface area contributed by atoms with Gasteiger partial charge in [-0.1, -0.05) is 32.3 Å². The Morgan fingerprint density at radius 3 is 2.70 bits per heavy atom. The van der Waals surface area contributed by atoms with Crippen molar-refractivity contribution in [2.24, 2.45) is 5.92 Å². The summed E-state index contributed by atoms with van der Waals surface area (Å²) in [6, 6.07) is 5.82. The number of rotatable bonds is 4. The first-order valence-corrected chi connectivity index (χ1v) is 7.78. The molecule has 3 nitrogen and oxygen atoms in total. The van der Waals surface area contributed by atoms with Crippen molar-refractivity contribution < 1.29 is 4.79 Å². The lowest BCUT2D eigenvalue weighted by Gasteiger charge is -2.30. The summed E-state index contributed by atoms with van der Waals surface area (Å²) in [6.07, 6.45) is 7.43. The lowest BCUT2D eigenvalue weighted by Crippen LogP contribution is -2.40. The predicted molar refractivity (Wildman–Crippen MR) is 83.7 cm³/mol. The lowest BCUT2D eigenvalue weighted by atomic mass is 9.83. The first-order chi connectivity index (χ1) is 9.61. The highest BCUT2D eigenvalue weighted by Gasteiger charge is 2.24. The smallest absolute Gasteiger partial charge is 0.251 e. The van der Waals surface area contributed by atoms with Gasteiger partial charge in [0.1, 0.15) is 0 Å². The van der Waals surface area contributed by atoms with E-state index in [2.05, 4.69) is 12.2 Å². The third kappa shape index (κ3) is 3.53. The molecule has 110 valence electrons. The van der Waals surface area contributed by atoms with Gasteiger partial charge >= 0.3 is 0 Å². The van der Waals surface area contributed by atoms with Crippen LogP contribution in [0.3, 0.4) is 0 Å². The van der Waals surface area contributed by atoms with Crippen LogP contribution in [0.5, 0.6) is 0 Å². The number of carbonyl (C=O) groups is 1. The molecule has 0 radical (unpaired) electrons. The van der Waals surface area contributed by atoms with Crippen molar-refractivity contribution in [3.05, 3.63) is 29.3 Å². The first kappa shape index (κ1) is 14.9. The molecule has 1 fully saturated rings. The fraction of sp³-hybridized carbons (Fsp3) is 0.588. The SMILES string of the molecule is CCC(NC(=O)c1cc(N)ccc1C)C1CCCCC1. The number of hydrogen-bond donors (Lipinski definition) is 2. The van der Waals surface area contributed by atoms with Gasteiger partial charge in [-0.15, -0.1) is 0 Å². The molecule has 3 heteroatoms. The minimum Gasteiger partial charge on any atom is -0.399 e. The molecule has 0 aliphatic heterocycles. The summed E-state index contributed by atoms with van der Waals surface area (Å²) in [6.45, 7) is 4.11. The highest BCUT2D eigenvalue weighted by Crippen LogP contribution is 2.28. The second-order valence-corrected chi connectivity index (χ2v) is 5.96. The Hall–Kier alpha value is -1.51. The fourth-order valence-corrected chi connectivity index (χ4v) is 3.22. The summed E-state index contributed by atoms with van der Waals surface area (Å²) >= 11 is 0. The van der Waals surface area contributed by atoms with Gasteiger partial charge in [0.25, 0.3) is 5.91 Å². The molecule has 1 aliphatic rings. The summed E-state index contributed by atoms with van der Waals surface area (Å²) in [5.41, 5.74) is 8.13. The number of nitrogen functional groups attached to an aromatic ring is 1. The topological polar surface area (TPSA) is 55.1 Å². The summed E-state index contributed by atoms with van der Waals surface area (Å²) in [5, 5.41) is 3.23. The lowest BCUT2D eigenvalue weighted by molar-refractivity contribution is 0.0910. The Bertz CT molecular complexity index is 464. The molecule has 0 saturated heterocycles. The maximum absolute atomic E-state index is 12.5. The summed E-state index contributed by atoms with van der Waals surface area (Å²) in [5.74, 6) is 0.659. The first-order valence-electron chi connectivity index (χ1n) is 7.78. The molecule has 0 aromatic heterocycles. The Balaban J connectivity index is 2.06. The minimum absolute atomic E-state index is 0.0206. The van der Waals surface area contributed by atoms with Crippen molar-refractivity contribution >= 4 is 11.6 Å². The Morgan fingerprint density at radius 2 is 2.05 bits per heavy atom. The maximum Gasteiger partial charge on any atom is 0.251 e. The zero-order valence-corrected chi connectivity index (χ0v) is 12.6. The van der Waals surface area contributed by atoms with Gasteiger partial charge in [0, 0.05) is 17.3 Å². The molecular weight excluding hydrogens is 248 g/mol. The Labute approximate surface area is 121 Å². The Morgan fingerprint density at radius 1 is 1.35 bits per heavy atom. The van der Waals surface area contributed by atoms with Crippen molar-refractivity contribution in [3.8, 4) is 0 Å². The predicted octanol–water partition coefficient (Wildman–Crippen LogP) is 3.67. The summed E-state index contributed by atoms with van der Waals surface area (Å²) < 4.78 is 0. The van der Waals surface area contributed by atoms with Crippen LogP contribution in [0.1, 0.15) is 61.4 Å². The van der Waals surface area contributed by atoms with Crippen LogP contribution in [-0.2, 0) is 0 Å². The fourth-order valence-electron chi connectivity index (χ4n) is 3.22. The molecule has 0 spiro atoms. The zero-order chi connectivity index (χ0) is 14.5. The van der Waals surface area contributed by atoms with Crippen LogP contribution in [-0.4, -0.2) is 11.9 Å². The number of nitrogens with two attached hydrogens (primary N) is 1. The minimum atomic E-state index is 0.0206. The van der Waals surface area contributed by atoms with Gasteiger partial charge in [-0.25, -0.2) is 0 Å². The van der Waals surface area contributed by atoms with Crippen LogP contribution >= 0.6 is 0 Å². The Kier molecular flexibility index (Phi) is 5.05. The number of nitrogens with one attached hydrogen (secondary N) is 1. The quantitative estimate of drug-likeness (QED) is 0.823. The van der Waals surface area contributed by atoms with Gasteiger partial charge in [0.05, 0.1) is 0 Å². The van der Waals surface area contributed by atoms with Crippen LogP contribution in [0.15, 0.2) is 18.2 Å². The van der Waals surface area contributed by atoms with E-state index >= 15 is 0 Å². The number of aryl methyl sites for hydroxylation is 1. The highest BCUT2D eigenvalue weighted by molar-refractivity contribution is 5.96. The number of carbonyl (C=O) groups excluding carboxylic acids is 1. The summed E-state index contributed by atoms with van der Waals surface area (Å²) in [4.78, 5) is 12.5. The van der Waals surface area contributed by atoms with Crippen molar-refractivity contribution in [1.82, 2.24) is 5.32 Å². The van der Waals surface area contributed by atoms with E-state index in [1.807, 2.05) is 19.1 Å². The second kappa shape index (κ2) is 6.78. The largest absolute Gasteiger partial charge is 0.399 e. The molecule has 1 amide bonds. The van der Waals surface area contributed by atoms with Crippen LogP contribution < -0.4 is 11.1 Å². The molecule has 1 aromatic rings. The van der Waals surface area contributed by atoms with Gasteiger partial charge < -0.3 is 11.1 Å². The van der Waals surface area contributed by atoms with Crippen molar-refractivity contribution in [2.45, 2.75) is 58.4 Å². The third-order valence-corrected chi connectivity index (χ3v) is 4.48. The normalized spacial score (nSPS) is 17.7. The summed E-state index contributed by atoms with van der Waals surface area (Å²) in [7, 11) is 0. The van der Waals surface area contributed by atoms with E-state index in [1.54, 1.807) is 6.07 Å². The van der Waals surface area contributed by atoms with Crippen LogP contribution in [0.25, 0.3) is 0 Å². The van der Waals surface area contributed by atoms with E-state index in [0.29, 0.717) is 23.2 Å². The van der Waals surface area contributed by atoms with Crippen LogP contribution in [0.4, 0.5) is 5.69 Å². The standard InChI is InChI=1S/C17H26N2O/c1-3-16(13-7-5-4-6-8-13)19-17(20)15-11-14(18)10-9-12(15)2/h9-11,13,16H,3-8,18H2,1-2H3,(H,19,20). The molecule has 1 aromatic carbocycles. The molecule has 3 N–H and O–H groups in total. The van der Waals surface area contributed by atoms with Gasteiger partial charge in [-0.2, -0.15) is 0 Å². The van der Waals surface area contributed by atoms with Crippen molar-refractivity contribution in [2.75, 3.05) is 5.73 Å². The third-order valence-electron chi connectivity index (χ3n) is 4.48. The van der Waals surface area contributed by atoms with E-state index in [4.69, 9.17) is 5.73 Å². The van der Waals surface area contributed by atoms with E-state index in [1.165, 1.54) is 32.1 Å². The second-order valence-electron chi connectivity index (χ2n) is 5.96. The van der Waals surface area contributed by atoms with Gasteiger partial charge in [0.15, 0.2) is 0 Å². The number of benzene rings is 1. The van der Waals surface area contributed by atoms with E-state index in [0.717, 1.165) is 12.0 Å². The maximum atomic E-state index is 12.5. The highest BCUT2D eigenvalue weighted by atomic mass is 16.1. The molecule has 20 heavy (non-hydrogen) atoms. The van der Waals surface area contributed by atoms with Gasteiger partial charge in [-0.3, -0.25) is 4.79 Å². The monoisotopic (exact) mass is 274 g/mol. The number of anilines is 1. The molecule has 1 saturated carbocycles. The molecular formula is C17H26N2O. The molecule has 1 unspecified atom stereocenters. The number of hydrogen-bond acceptors (Lipinski definition) is 2. The van der Waals surface area contributed by atoms with E-state index < -0.39 is 0 Å². The van der Waals surface area contributed by atoms with Gasteiger partial charge in [0.2, 0.25) is 0 Å². The average Bonchev–Trinajstić information content (AvgIpc) is 2.48. The zero-order valence-electron chi connectivity index (χ0n) is 12.6. The molecule has 0 heterocycles. The average molecular weight is 274 g/mol. The van der Waals surface area contributed by atoms with E-state index in [-0.39, 0.29) is 5.91 Å². The van der Waals surface area contributed by atoms with E-state index in [9.17, 15) is 4.79 Å². The van der Waals surface area contributed by atoms with Gasteiger partial charge in [-0.05, 0) is 49.8 Å². The molecule has 1 atom stereocenters. The number of amides is 1. The molecule has 2 rings (SSSR count). The van der Waals surface area contributed by atoms with Crippen LogP contribution in [0, 0.1) is 12.8 Å². The molecule has 1 aliphatic carbocycles. The molecule has 0 bridgehead atoms. The van der Waals surface area contributed by atoms with Crippen molar-refractivity contribution in [1.29, 1.82) is 0 Å². The van der Waals surface area contributed by atoms with Crippen molar-refractivity contribution in [3.63, 3.8) is 0 Å².